The van der Waals surface area contributed by atoms with Crippen LogP contribution in [-0.4, -0.2) is 73.3 Å². The molecule has 7 nitrogen and oxygen atoms in total. The topological polar surface area (TPSA) is 65.8 Å². The number of rotatable bonds is 6. The predicted molar refractivity (Wildman–Crippen MR) is 93.3 cm³/mol. The molecule has 1 fully saturated rings. The zero-order valence-electron chi connectivity index (χ0n) is 14.9. The molecule has 25 heavy (non-hydrogen) atoms. The van der Waals surface area contributed by atoms with Crippen LogP contribution in [0.1, 0.15) is 6.42 Å². The van der Waals surface area contributed by atoms with E-state index in [9.17, 15) is 4.79 Å². The van der Waals surface area contributed by atoms with E-state index < -0.39 is 0 Å². The van der Waals surface area contributed by atoms with Crippen molar-refractivity contribution in [2.24, 2.45) is 0 Å². The third-order valence-corrected chi connectivity index (χ3v) is 4.87. The summed E-state index contributed by atoms with van der Waals surface area (Å²) in [6.07, 6.45) is 1.82. The van der Waals surface area contributed by atoms with Crippen molar-refractivity contribution < 1.29 is 19.0 Å². The Bertz CT molecular complexity index is 717. The number of hydrogen-bond donors (Lipinski definition) is 0. The average Bonchev–Trinajstić information content (AvgIpc) is 3.07. The number of para-hydroxylation sites is 1. The van der Waals surface area contributed by atoms with Crippen LogP contribution >= 0.6 is 0 Å². The van der Waals surface area contributed by atoms with Crippen LogP contribution in [0.3, 0.4) is 0 Å². The van der Waals surface area contributed by atoms with Crippen molar-refractivity contribution in [3.63, 3.8) is 0 Å². The van der Waals surface area contributed by atoms with Crippen LogP contribution in [0.5, 0.6) is 0 Å². The first-order valence-corrected chi connectivity index (χ1v) is 8.45. The molecule has 0 N–H and O–H groups in total. The van der Waals surface area contributed by atoms with Crippen LogP contribution in [0.4, 0.5) is 0 Å². The number of benzene rings is 1. The van der Waals surface area contributed by atoms with Gasteiger partial charge in [0.15, 0.2) is 0 Å². The van der Waals surface area contributed by atoms with Crippen molar-refractivity contribution in [2.45, 2.75) is 31.2 Å². The molecule has 7 heteroatoms. The lowest BCUT2D eigenvalue weighted by atomic mass is 10.0. The van der Waals surface area contributed by atoms with Gasteiger partial charge in [0.25, 0.3) is 0 Å². The quantitative estimate of drug-likeness (QED) is 0.788. The van der Waals surface area contributed by atoms with E-state index in [4.69, 9.17) is 14.2 Å². The minimum atomic E-state index is -0.196. The molecule has 1 aliphatic rings. The molecule has 2 aromatic rings. The summed E-state index contributed by atoms with van der Waals surface area (Å²) in [5.74, 6) is 0.0342. The number of carbonyl (C=O) groups is 1. The molecule has 0 spiro atoms. The van der Waals surface area contributed by atoms with Crippen LogP contribution < -0.4 is 0 Å². The van der Waals surface area contributed by atoms with Gasteiger partial charge in [-0.2, -0.15) is 5.10 Å². The molecule has 3 atom stereocenters. The van der Waals surface area contributed by atoms with E-state index in [2.05, 4.69) is 5.10 Å². The molecular formula is C18H25N3O4. The van der Waals surface area contributed by atoms with E-state index in [1.54, 1.807) is 26.2 Å². The smallest absolute Gasteiger partial charge is 0.224 e. The Morgan fingerprint density at radius 1 is 1.32 bits per heavy atom. The Labute approximate surface area is 147 Å². The molecule has 0 bridgehead atoms. The number of hydrogen-bond acceptors (Lipinski definition) is 5. The van der Waals surface area contributed by atoms with E-state index in [1.807, 2.05) is 35.1 Å². The van der Waals surface area contributed by atoms with Crippen LogP contribution in [0.2, 0.25) is 0 Å². The SMILES string of the molecule is CO[C@H]1[C@H](N(C)C(=O)CCn2ncc3ccccc32)COC[C@H]1OC. The third kappa shape index (κ3) is 3.68. The standard InChI is InChI=1S/C18H25N3O4/c1-20(15-11-25-12-16(23-2)18(15)24-3)17(22)8-9-21-14-7-5-4-6-13(14)10-19-21/h4-7,10,15-16,18H,8-9,11-12H2,1-3H3/t15-,16-,18+/m1/s1. The first-order valence-electron chi connectivity index (χ1n) is 8.45. The third-order valence-electron chi connectivity index (χ3n) is 4.87. The summed E-state index contributed by atoms with van der Waals surface area (Å²) in [6, 6.07) is 7.82. The Hall–Kier alpha value is -1.96. The van der Waals surface area contributed by atoms with Crippen LogP contribution in [0, 0.1) is 0 Å². The molecular weight excluding hydrogens is 322 g/mol. The fourth-order valence-corrected chi connectivity index (χ4v) is 3.35. The van der Waals surface area contributed by atoms with E-state index in [1.165, 1.54) is 0 Å². The van der Waals surface area contributed by atoms with Crippen molar-refractivity contribution in [1.82, 2.24) is 14.7 Å². The van der Waals surface area contributed by atoms with Gasteiger partial charge in [0.2, 0.25) is 5.91 Å². The average molecular weight is 347 g/mol. The van der Waals surface area contributed by atoms with Crippen LogP contribution in [0.25, 0.3) is 10.9 Å². The maximum atomic E-state index is 12.7. The minimum Gasteiger partial charge on any atom is -0.376 e. The highest BCUT2D eigenvalue weighted by atomic mass is 16.6. The monoisotopic (exact) mass is 347 g/mol. The van der Waals surface area contributed by atoms with Gasteiger partial charge in [0.05, 0.1) is 37.5 Å². The molecule has 0 aliphatic carbocycles. The van der Waals surface area contributed by atoms with Gasteiger partial charge in [0.1, 0.15) is 12.2 Å². The normalized spacial score (nSPS) is 23.7. The molecule has 1 aromatic carbocycles. The second-order valence-corrected chi connectivity index (χ2v) is 6.26. The Morgan fingerprint density at radius 3 is 2.88 bits per heavy atom. The van der Waals surface area contributed by atoms with Crippen LogP contribution in [0.15, 0.2) is 30.5 Å². The summed E-state index contributed by atoms with van der Waals surface area (Å²) in [4.78, 5) is 14.4. The molecule has 0 unspecified atom stereocenters. The fraction of sp³-hybridized carbons (Fsp3) is 0.556. The number of aromatic nitrogens is 2. The van der Waals surface area contributed by atoms with Gasteiger partial charge < -0.3 is 19.1 Å². The molecule has 136 valence electrons. The number of fused-ring (bicyclic) bond motifs is 1. The summed E-state index contributed by atoms with van der Waals surface area (Å²) in [6.45, 7) is 1.47. The molecule has 0 radical (unpaired) electrons. The van der Waals surface area contributed by atoms with Gasteiger partial charge in [-0.3, -0.25) is 9.48 Å². The molecule has 1 amide bonds. The first-order chi connectivity index (χ1) is 12.2. The van der Waals surface area contributed by atoms with Crippen molar-refractivity contribution in [3.8, 4) is 0 Å². The largest absolute Gasteiger partial charge is 0.376 e. The Balaban J connectivity index is 1.64. The van der Waals surface area contributed by atoms with Gasteiger partial charge >= 0.3 is 0 Å². The molecule has 1 saturated heterocycles. The second kappa shape index (κ2) is 7.95. The number of likely N-dealkylation sites (N-methyl/N-ethyl adjacent to an activating group) is 1. The zero-order valence-corrected chi connectivity index (χ0v) is 14.9. The Kier molecular flexibility index (Phi) is 5.67. The van der Waals surface area contributed by atoms with Gasteiger partial charge in [0, 0.05) is 33.1 Å². The van der Waals surface area contributed by atoms with Crippen molar-refractivity contribution in [1.29, 1.82) is 0 Å². The predicted octanol–water partition coefficient (Wildman–Crippen LogP) is 1.31. The van der Waals surface area contributed by atoms with Gasteiger partial charge in [-0.25, -0.2) is 0 Å². The Morgan fingerprint density at radius 2 is 2.12 bits per heavy atom. The van der Waals surface area contributed by atoms with Crippen molar-refractivity contribution in [3.05, 3.63) is 30.5 Å². The number of ether oxygens (including phenoxy) is 3. The van der Waals surface area contributed by atoms with Gasteiger partial charge in [-0.15, -0.1) is 0 Å². The lowest BCUT2D eigenvalue weighted by molar-refractivity contribution is -0.164. The highest BCUT2D eigenvalue weighted by molar-refractivity contribution is 5.79. The second-order valence-electron chi connectivity index (χ2n) is 6.26. The molecule has 2 heterocycles. The highest BCUT2D eigenvalue weighted by Gasteiger charge is 2.38. The highest BCUT2D eigenvalue weighted by Crippen LogP contribution is 2.20. The van der Waals surface area contributed by atoms with Gasteiger partial charge in [-0.05, 0) is 6.07 Å². The summed E-state index contributed by atoms with van der Waals surface area (Å²) in [5, 5.41) is 5.45. The van der Waals surface area contributed by atoms with Crippen molar-refractivity contribution >= 4 is 16.8 Å². The first kappa shape index (κ1) is 17.8. The fourth-order valence-electron chi connectivity index (χ4n) is 3.35. The number of nitrogens with zero attached hydrogens (tertiary/aromatic N) is 3. The van der Waals surface area contributed by atoms with E-state index in [0.29, 0.717) is 26.2 Å². The number of amides is 1. The molecule has 3 rings (SSSR count). The molecule has 1 aliphatic heterocycles. The minimum absolute atomic E-state index is 0.0342. The lowest BCUT2D eigenvalue weighted by Gasteiger charge is -2.40. The summed E-state index contributed by atoms with van der Waals surface area (Å²) < 4.78 is 18.4. The number of methoxy groups -OCH3 is 2. The number of carbonyl (C=O) groups excluding carboxylic acids is 1. The van der Waals surface area contributed by atoms with E-state index >= 15 is 0 Å². The van der Waals surface area contributed by atoms with Gasteiger partial charge in [-0.1, -0.05) is 18.2 Å². The maximum absolute atomic E-state index is 12.7. The molecule has 1 aromatic heterocycles. The van der Waals surface area contributed by atoms with E-state index in [0.717, 1.165) is 10.9 Å². The van der Waals surface area contributed by atoms with E-state index in [-0.39, 0.29) is 24.2 Å². The lowest BCUT2D eigenvalue weighted by Crippen LogP contribution is -2.57. The summed E-state index contributed by atoms with van der Waals surface area (Å²) in [7, 11) is 5.07. The van der Waals surface area contributed by atoms with Crippen molar-refractivity contribution in [2.75, 3.05) is 34.5 Å². The zero-order chi connectivity index (χ0) is 17.8. The maximum Gasteiger partial charge on any atom is 0.224 e. The number of aryl methyl sites for hydroxylation is 1. The summed E-state index contributed by atoms with van der Waals surface area (Å²) >= 11 is 0. The molecule has 0 saturated carbocycles. The summed E-state index contributed by atoms with van der Waals surface area (Å²) in [5.41, 5.74) is 1.04. The van der Waals surface area contributed by atoms with Crippen LogP contribution in [-0.2, 0) is 25.5 Å².